The summed E-state index contributed by atoms with van der Waals surface area (Å²) >= 11 is 5.92. The maximum Gasteiger partial charge on any atom is 0.274 e. The molecule has 9 nitrogen and oxygen atoms in total. The number of rotatable bonds is 6. The topological polar surface area (TPSA) is 110 Å². The number of imidazole rings is 1. The Hall–Kier alpha value is -3.04. The number of amides is 1. The van der Waals surface area contributed by atoms with E-state index in [2.05, 4.69) is 26.8 Å². The highest BCUT2D eigenvalue weighted by atomic mass is 35.5. The molecule has 1 aliphatic rings. The molecule has 4 rings (SSSR count). The van der Waals surface area contributed by atoms with Gasteiger partial charge in [0.05, 0.1) is 11.9 Å². The summed E-state index contributed by atoms with van der Waals surface area (Å²) in [7, 11) is 3.35. The molecule has 0 saturated heterocycles. The standard InChI is InChI=1S/C20H21ClN6O3/c1-22-18-16(27(3)11-23-18)19(28)26(2)10-15-24-17(25-30-15)12-8-20(29,9-12)13-4-6-14(21)7-5-13/h4-7,11-12,29H,1,8-10H2,2-3H3. The van der Waals surface area contributed by atoms with Gasteiger partial charge in [-0.25, -0.2) is 9.98 Å². The Morgan fingerprint density at radius 3 is 2.80 bits per heavy atom. The van der Waals surface area contributed by atoms with Crippen molar-refractivity contribution in [2.24, 2.45) is 12.0 Å². The Balaban J connectivity index is 1.40. The van der Waals surface area contributed by atoms with Crippen molar-refractivity contribution in [3.8, 4) is 0 Å². The van der Waals surface area contributed by atoms with E-state index in [1.807, 2.05) is 12.1 Å². The second-order valence-corrected chi connectivity index (χ2v) is 7.97. The van der Waals surface area contributed by atoms with Crippen molar-refractivity contribution in [3.05, 3.63) is 58.6 Å². The zero-order chi connectivity index (χ0) is 21.5. The molecule has 30 heavy (non-hydrogen) atoms. The first-order chi connectivity index (χ1) is 14.3. The van der Waals surface area contributed by atoms with Crippen molar-refractivity contribution in [2.45, 2.75) is 30.9 Å². The normalized spacial score (nSPS) is 20.6. The fraction of sp³-hybridized carbons (Fsp3) is 0.350. The number of carbonyl (C=O) groups is 1. The van der Waals surface area contributed by atoms with Gasteiger partial charge in [0.2, 0.25) is 5.89 Å². The number of carbonyl (C=O) groups excluding carboxylic acids is 1. The number of aliphatic imine (C=N–C) groups is 1. The molecule has 10 heteroatoms. The number of nitrogens with zero attached hydrogens (tertiary/aromatic N) is 6. The third-order valence-corrected chi connectivity index (χ3v) is 5.64. The molecule has 0 atom stereocenters. The minimum atomic E-state index is -0.920. The summed E-state index contributed by atoms with van der Waals surface area (Å²) < 4.78 is 6.92. The zero-order valence-corrected chi connectivity index (χ0v) is 17.4. The maximum absolute atomic E-state index is 12.7. The molecule has 0 radical (unpaired) electrons. The van der Waals surface area contributed by atoms with Crippen molar-refractivity contribution in [1.29, 1.82) is 0 Å². The predicted molar refractivity (Wildman–Crippen MR) is 110 cm³/mol. The molecular weight excluding hydrogens is 408 g/mol. The van der Waals surface area contributed by atoms with Crippen LogP contribution >= 0.6 is 11.6 Å². The van der Waals surface area contributed by atoms with E-state index in [9.17, 15) is 9.90 Å². The predicted octanol–water partition coefficient (Wildman–Crippen LogP) is 2.83. The number of aromatic nitrogens is 4. The Bertz CT molecular complexity index is 1080. The van der Waals surface area contributed by atoms with Gasteiger partial charge in [-0.05, 0) is 37.3 Å². The third-order valence-electron chi connectivity index (χ3n) is 5.39. The Morgan fingerprint density at radius 1 is 1.43 bits per heavy atom. The summed E-state index contributed by atoms with van der Waals surface area (Å²) in [6.07, 6.45) is 2.49. The van der Waals surface area contributed by atoms with E-state index >= 15 is 0 Å². The van der Waals surface area contributed by atoms with Crippen LogP contribution in [0.5, 0.6) is 0 Å². The molecule has 0 unspecified atom stereocenters. The van der Waals surface area contributed by atoms with E-state index in [-0.39, 0.29) is 24.2 Å². The molecule has 1 aromatic carbocycles. The van der Waals surface area contributed by atoms with Crippen LogP contribution < -0.4 is 0 Å². The van der Waals surface area contributed by atoms with Gasteiger partial charge in [0.15, 0.2) is 17.3 Å². The third kappa shape index (κ3) is 3.61. The van der Waals surface area contributed by atoms with E-state index in [0.29, 0.717) is 35.3 Å². The van der Waals surface area contributed by atoms with E-state index in [4.69, 9.17) is 16.1 Å². The Labute approximate surface area is 178 Å². The van der Waals surface area contributed by atoms with Crippen LogP contribution in [0.2, 0.25) is 5.02 Å². The molecule has 1 amide bonds. The highest BCUT2D eigenvalue weighted by molar-refractivity contribution is 6.30. The number of hydrogen-bond donors (Lipinski definition) is 1. The lowest BCUT2D eigenvalue weighted by atomic mass is 9.67. The smallest absolute Gasteiger partial charge is 0.274 e. The summed E-state index contributed by atoms with van der Waals surface area (Å²) in [6.45, 7) is 3.58. The molecule has 0 aliphatic heterocycles. The highest BCUT2D eigenvalue weighted by Crippen LogP contribution is 2.50. The fourth-order valence-corrected chi connectivity index (χ4v) is 3.79. The molecule has 2 aromatic heterocycles. The Morgan fingerprint density at radius 2 is 2.13 bits per heavy atom. The van der Waals surface area contributed by atoms with Gasteiger partial charge in [0, 0.05) is 25.0 Å². The average molecular weight is 429 g/mol. The SMILES string of the molecule is C=Nc1ncn(C)c1C(=O)N(C)Cc1nc(C2CC(O)(c3ccc(Cl)cc3)C2)no1. The molecule has 3 aromatic rings. The molecule has 1 fully saturated rings. The molecule has 1 saturated carbocycles. The minimum absolute atomic E-state index is 0.0159. The van der Waals surface area contributed by atoms with Gasteiger partial charge >= 0.3 is 0 Å². The van der Waals surface area contributed by atoms with Crippen LogP contribution in [0.4, 0.5) is 5.82 Å². The second-order valence-electron chi connectivity index (χ2n) is 7.54. The van der Waals surface area contributed by atoms with E-state index in [0.717, 1.165) is 5.56 Å². The molecule has 1 N–H and O–H groups in total. The van der Waals surface area contributed by atoms with Crippen molar-refractivity contribution in [3.63, 3.8) is 0 Å². The lowest BCUT2D eigenvalue weighted by Gasteiger charge is -2.42. The van der Waals surface area contributed by atoms with Crippen molar-refractivity contribution in [2.75, 3.05) is 7.05 Å². The van der Waals surface area contributed by atoms with Gasteiger partial charge in [-0.15, -0.1) is 0 Å². The lowest BCUT2D eigenvalue weighted by Crippen LogP contribution is -2.40. The number of aryl methyl sites for hydroxylation is 1. The fourth-order valence-electron chi connectivity index (χ4n) is 3.67. The average Bonchev–Trinajstić information content (AvgIpc) is 3.31. The molecule has 0 bridgehead atoms. The van der Waals surface area contributed by atoms with Crippen molar-refractivity contribution < 1.29 is 14.4 Å². The van der Waals surface area contributed by atoms with Gasteiger partial charge in [-0.1, -0.05) is 28.9 Å². The number of hydrogen-bond acceptors (Lipinski definition) is 7. The molecule has 2 heterocycles. The molecule has 1 aliphatic carbocycles. The van der Waals surface area contributed by atoms with E-state index in [1.165, 1.54) is 11.2 Å². The molecular formula is C20H21ClN6O3. The number of halogens is 1. The zero-order valence-electron chi connectivity index (χ0n) is 16.6. The lowest BCUT2D eigenvalue weighted by molar-refractivity contribution is -0.0573. The quantitative estimate of drug-likeness (QED) is 0.604. The number of aliphatic hydroxyl groups is 1. The van der Waals surface area contributed by atoms with E-state index < -0.39 is 5.60 Å². The first kappa shape index (κ1) is 20.2. The van der Waals surface area contributed by atoms with Crippen LogP contribution in [-0.4, -0.2) is 49.4 Å². The van der Waals surface area contributed by atoms with Crippen LogP contribution in [0, 0.1) is 0 Å². The highest BCUT2D eigenvalue weighted by Gasteiger charge is 2.46. The van der Waals surface area contributed by atoms with Crippen LogP contribution in [0.15, 0.2) is 40.1 Å². The summed E-state index contributed by atoms with van der Waals surface area (Å²) in [5.74, 6) is 0.823. The number of benzene rings is 1. The van der Waals surface area contributed by atoms with Crippen molar-refractivity contribution in [1.82, 2.24) is 24.6 Å². The first-order valence-electron chi connectivity index (χ1n) is 9.35. The summed E-state index contributed by atoms with van der Waals surface area (Å²) in [5, 5.41) is 15.5. The second kappa shape index (κ2) is 7.66. The first-order valence-corrected chi connectivity index (χ1v) is 9.73. The Kier molecular flexibility index (Phi) is 5.17. The van der Waals surface area contributed by atoms with Crippen molar-refractivity contribution >= 4 is 30.0 Å². The summed E-state index contributed by atoms with van der Waals surface area (Å²) in [4.78, 5) is 26.4. The molecule has 0 spiro atoms. The van der Waals surface area contributed by atoms with E-state index in [1.54, 1.807) is 30.8 Å². The minimum Gasteiger partial charge on any atom is -0.385 e. The van der Waals surface area contributed by atoms with Crippen LogP contribution in [-0.2, 0) is 19.2 Å². The van der Waals surface area contributed by atoms with Crippen LogP contribution in [0.3, 0.4) is 0 Å². The van der Waals surface area contributed by atoms with Gasteiger partial charge in [0.25, 0.3) is 5.91 Å². The summed E-state index contributed by atoms with van der Waals surface area (Å²) in [5.41, 5.74) is 0.232. The van der Waals surface area contributed by atoms with Gasteiger partial charge in [-0.2, -0.15) is 4.98 Å². The summed E-state index contributed by atoms with van der Waals surface area (Å²) in [6, 6.07) is 7.17. The molecule has 156 valence electrons. The monoisotopic (exact) mass is 428 g/mol. The largest absolute Gasteiger partial charge is 0.385 e. The van der Waals surface area contributed by atoms with Crippen LogP contribution in [0.25, 0.3) is 0 Å². The maximum atomic E-state index is 12.7. The van der Waals surface area contributed by atoms with Gasteiger partial charge < -0.3 is 19.1 Å². The van der Waals surface area contributed by atoms with Gasteiger partial charge in [0.1, 0.15) is 6.54 Å². The van der Waals surface area contributed by atoms with Crippen LogP contribution in [0.1, 0.15) is 46.5 Å². The van der Waals surface area contributed by atoms with Gasteiger partial charge in [-0.3, -0.25) is 4.79 Å².